The SMILES string of the molecule is CN=C(NCCCCC(=O)OC)NCCc1cccs1. The van der Waals surface area contributed by atoms with Crippen LogP contribution in [0.25, 0.3) is 0 Å². The monoisotopic (exact) mass is 297 g/mol. The number of carbonyl (C=O) groups excluding carboxylic acids is 1. The van der Waals surface area contributed by atoms with E-state index in [4.69, 9.17) is 0 Å². The molecule has 0 saturated heterocycles. The van der Waals surface area contributed by atoms with E-state index in [1.54, 1.807) is 18.4 Å². The molecule has 0 aliphatic heterocycles. The number of nitrogens with one attached hydrogen (secondary N) is 2. The smallest absolute Gasteiger partial charge is 0.305 e. The van der Waals surface area contributed by atoms with Crippen LogP contribution in [-0.4, -0.2) is 39.2 Å². The summed E-state index contributed by atoms with van der Waals surface area (Å²) in [6.07, 6.45) is 3.22. The summed E-state index contributed by atoms with van der Waals surface area (Å²) in [5, 5.41) is 8.59. The van der Waals surface area contributed by atoms with E-state index in [2.05, 4.69) is 37.9 Å². The van der Waals surface area contributed by atoms with Crippen molar-refractivity contribution in [3.8, 4) is 0 Å². The van der Waals surface area contributed by atoms with Crippen LogP contribution in [0.5, 0.6) is 0 Å². The minimum atomic E-state index is -0.150. The standard InChI is InChI=1S/C14H23N3O2S/c1-15-14(16-9-4-3-7-13(18)19-2)17-10-8-12-6-5-11-20-12/h5-6,11H,3-4,7-10H2,1-2H3,(H2,15,16,17). The van der Waals surface area contributed by atoms with E-state index in [0.717, 1.165) is 38.3 Å². The van der Waals surface area contributed by atoms with Crippen LogP contribution in [-0.2, 0) is 16.0 Å². The molecule has 0 spiro atoms. The average molecular weight is 297 g/mol. The molecule has 0 atom stereocenters. The number of aliphatic imine (C=N–C) groups is 1. The summed E-state index contributed by atoms with van der Waals surface area (Å²) in [7, 11) is 3.18. The molecular formula is C14H23N3O2S. The summed E-state index contributed by atoms with van der Waals surface area (Å²) in [5.74, 6) is 0.656. The average Bonchev–Trinajstić information content (AvgIpc) is 2.98. The van der Waals surface area contributed by atoms with Crippen LogP contribution in [0.15, 0.2) is 22.5 Å². The first kappa shape index (κ1) is 16.5. The van der Waals surface area contributed by atoms with E-state index in [1.165, 1.54) is 12.0 Å². The second-order valence-electron chi connectivity index (χ2n) is 4.29. The Kier molecular flexibility index (Phi) is 8.46. The molecule has 0 unspecified atom stereocenters. The molecule has 0 aromatic carbocycles. The van der Waals surface area contributed by atoms with Gasteiger partial charge in [0.15, 0.2) is 5.96 Å². The first-order chi connectivity index (χ1) is 9.76. The van der Waals surface area contributed by atoms with Crippen LogP contribution in [0.2, 0.25) is 0 Å². The molecule has 0 saturated carbocycles. The molecule has 0 aliphatic rings. The molecule has 0 amide bonds. The fourth-order valence-electron chi connectivity index (χ4n) is 1.68. The molecule has 0 fully saturated rings. The molecular weight excluding hydrogens is 274 g/mol. The number of hydrogen-bond acceptors (Lipinski definition) is 4. The van der Waals surface area contributed by atoms with Crippen molar-refractivity contribution in [2.45, 2.75) is 25.7 Å². The highest BCUT2D eigenvalue weighted by Gasteiger charge is 2.01. The Hall–Kier alpha value is -1.56. The Labute approximate surface area is 124 Å². The maximum absolute atomic E-state index is 10.9. The minimum Gasteiger partial charge on any atom is -0.469 e. The van der Waals surface area contributed by atoms with Crippen molar-refractivity contribution in [2.75, 3.05) is 27.2 Å². The van der Waals surface area contributed by atoms with Gasteiger partial charge < -0.3 is 15.4 Å². The van der Waals surface area contributed by atoms with E-state index in [9.17, 15) is 4.79 Å². The van der Waals surface area contributed by atoms with Gasteiger partial charge in [-0.3, -0.25) is 9.79 Å². The van der Waals surface area contributed by atoms with Crippen molar-refractivity contribution < 1.29 is 9.53 Å². The summed E-state index contributed by atoms with van der Waals surface area (Å²) < 4.78 is 4.59. The van der Waals surface area contributed by atoms with E-state index < -0.39 is 0 Å². The summed E-state index contributed by atoms with van der Waals surface area (Å²) >= 11 is 1.77. The molecule has 1 rings (SSSR count). The normalized spacial score (nSPS) is 11.2. The summed E-state index contributed by atoms with van der Waals surface area (Å²) in [5.41, 5.74) is 0. The lowest BCUT2D eigenvalue weighted by Gasteiger charge is -2.11. The lowest BCUT2D eigenvalue weighted by Crippen LogP contribution is -2.38. The topological polar surface area (TPSA) is 62.7 Å². The minimum absolute atomic E-state index is 0.150. The van der Waals surface area contributed by atoms with E-state index in [-0.39, 0.29) is 5.97 Å². The molecule has 2 N–H and O–H groups in total. The zero-order valence-corrected chi connectivity index (χ0v) is 13.0. The fraction of sp³-hybridized carbons (Fsp3) is 0.571. The third-order valence-corrected chi connectivity index (χ3v) is 3.73. The summed E-state index contributed by atoms with van der Waals surface area (Å²) in [6.45, 7) is 1.66. The van der Waals surface area contributed by atoms with Crippen molar-refractivity contribution in [3.63, 3.8) is 0 Å². The number of esters is 1. The molecule has 1 aromatic rings. The molecule has 0 bridgehead atoms. The number of carbonyl (C=O) groups is 1. The van der Waals surface area contributed by atoms with Gasteiger partial charge in [-0.1, -0.05) is 6.07 Å². The van der Waals surface area contributed by atoms with Crippen LogP contribution in [0, 0.1) is 0 Å². The molecule has 112 valence electrons. The quantitative estimate of drug-likeness (QED) is 0.332. The number of ether oxygens (including phenoxy) is 1. The highest BCUT2D eigenvalue weighted by atomic mass is 32.1. The maximum Gasteiger partial charge on any atom is 0.305 e. The summed E-state index contributed by atoms with van der Waals surface area (Å²) in [6, 6.07) is 4.20. The van der Waals surface area contributed by atoms with Crippen molar-refractivity contribution in [1.82, 2.24) is 10.6 Å². The number of thiophene rings is 1. The number of methoxy groups -OCH3 is 1. The third-order valence-electron chi connectivity index (χ3n) is 2.80. The number of guanidine groups is 1. The van der Waals surface area contributed by atoms with Gasteiger partial charge in [-0.25, -0.2) is 0 Å². The molecule has 0 aliphatic carbocycles. The molecule has 0 radical (unpaired) electrons. The Morgan fingerprint density at radius 1 is 1.35 bits per heavy atom. The highest BCUT2D eigenvalue weighted by Crippen LogP contribution is 2.07. The fourth-order valence-corrected chi connectivity index (χ4v) is 2.39. The molecule has 20 heavy (non-hydrogen) atoms. The van der Waals surface area contributed by atoms with Gasteiger partial charge in [0.1, 0.15) is 0 Å². The Bertz CT molecular complexity index is 405. The van der Waals surface area contributed by atoms with Crippen LogP contribution < -0.4 is 10.6 Å². The molecule has 5 nitrogen and oxygen atoms in total. The third kappa shape index (κ3) is 7.13. The maximum atomic E-state index is 10.9. The van der Waals surface area contributed by atoms with Crippen LogP contribution in [0.1, 0.15) is 24.1 Å². The van der Waals surface area contributed by atoms with Gasteiger partial charge in [-0.05, 0) is 30.7 Å². The molecule has 1 aromatic heterocycles. The number of unbranched alkanes of at least 4 members (excludes halogenated alkanes) is 1. The number of rotatable bonds is 8. The summed E-state index contributed by atoms with van der Waals surface area (Å²) in [4.78, 5) is 16.5. The lowest BCUT2D eigenvalue weighted by molar-refractivity contribution is -0.140. The second kappa shape index (κ2) is 10.3. The predicted octanol–water partition coefficient (Wildman–Crippen LogP) is 1.80. The van der Waals surface area contributed by atoms with E-state index in [1.807, 2.05) is 0 Å². The lowest BCUT2D eigenvalue weighted by atomic mass is 10.2. The predicted molar refractivity (Wildman–Crippen MR) is 83.3 cm³/mol. The van der Waals surface area contributed by atoms with Crippen molar-refractivity contribution in [1.29, 1.82) is 0 Å². The first-order valence-corrected chi connectivity index (χ1v) is 7.68. The van der Waals surface area contributed by atoms with E-state index >= 15 is 0 Å². The zero-order valence-electron chi connectivity index (χ0n) is 12.1. The number of nitrogens with zero attached hydrogens (tertiary/aromatic N) is 1. The van der Waals surface area contributed by atoms with Gasteiger partial charge in [0, 0.05) is 31.4 Å². The van der Waals surface area contributed by atoms with Gasteiger partial charge in [0.05, 0.1) is 7.11 Å². The van der Waals surface area contributed by atoms with Gasteiger partial charge in [0.25, 0.3) is 0 Å². The van der Waals surface area contributed by atoms with Gasteiger partial charge >= 0.3 is 5.97 Å². The Balaban J connectivity index is 2.06. The Morgan fingerprint density at radius 2 is 2.15 bits per heavy atom. The van der Waals surface area contributed by atoms with Crippen LogP contribution >= 0.6 is 11.3 Å². The molecule has 1 heterocycles. The van der Waals surface area contributed by atoms with Gasteiger partial charge in [0.2, 0.25) is 0 Å². The van der Waals surface area contributed by atoms with E-state index in [0.29, 0.717) is 6.42 Å². The first-order valence-electron chi connectivity index (χ1n) is 6.80. The van der Waals surface area contributed by atoms with Crippen molar-refractivity contribution >= 4 is 23.3 Å². The van der Waals surface area contributed by atoms with Crippen molar-refractivity contribution in [3.05, 3.63) is 22.4 Å². The van der Waals surface area contributed by atoms with Gasteiger partial charge in [-0.2, -0.15) is 0 Å². The van der Waals surface area contributed by atoms with Crippen LogP contribution in [0.4, 0.5) is 0 Å². The van der Waals surface area contributed by atoms with Gasteiger partial charge in [-0.15, -0.1) is 11.3 Å². The zero-order chi connectivity index (χ0) is 14.6. The Morgan fingerprint density at radius 3 is 2.80 bits per heavy atom. The van der Waals surface area contributed by atoms with Crippen molar-refractivity contribution in [2.24, 2.45) is 4.99 Å². The van der Waals surface area contributed by atoms with Crippen LogP contribution in [0.3, 0.4) is 0 Å². The second-order valence-corrected chi connectivity index (χ2v) is 5.32. The highest BCUT2D eigenvalue weighted by molar-refractivity contribution is 7.09. The largest absolute Gasteiger partial charge is 0.469 e. The number of hydrogen-bond donors (Lipinski definition) is 2. The molecule has 6 heteroatoms.